The molecule has 0 aromatic heterocycles. The van der Waals surface area contributed by atoms with Crippen LogP contribution in [0, 0.1) is 6.92 Å². The summed E-state index contributed by atoms with van der Waals surface area (Å²) in [6.07, 6.45) is 0. The summed E-state index contributed by atoms with van der Waals surface area (Å²) >= 11 is 0. The minimum atomic E-state index is -0.335. The SMILES string of the molecule is CCOc1cc(C(=O)NCc2cccc(NC(=O)Nc3cccc(C)c3)c2)ccc1OC. The van der Waals surface area contributed by atoms with Crippen LogP contribution in [0.5, 0.6) is 11.5 Å². The number of carbonyl (C=O) groups excluding carboxylic acids is 2. The van der Waals surface area contributed by atoms with E-state index in [2.05, 4.69) is 16.0 Å². The lowest BCUT2D eigenvalue weighted by molar-refractivity contribution is 0.0950. The number of rotatable bonds is 8. The molecule has 0 aliphatic rings. The highest BCUT2D eigenvalue weighted by atomic mass is 16.5. The van der Waals surface area contributed by atoms with Gasteiger partial charge in [0.05, 0.1) is 13.7 Å². The summed E-state index contributed by atoms with van der Waals surface area (Å²) in [7, 11) is 1.56. The Hall–Kier alpha value is -4.00. The number of aryl methyl sites for hydroxylation is 1. The van der Waals surface area contributed by atoms with Gasteiger partial charge in [0.1, 0.15) is 0 Å². The summed E-state index contributed by atoms with van der Waals surface area (Å²) in [5.41, 5.74) is 3.74. The van der Waals surface area contributed by atoms with Gasteiger partial charge in [-0.25, -0.2) is 4.79 Å². The first kappa shape index (κ1) is 22.7. The molecule has 3 amide bonds. The van der Waals surface area contributed by atoms with Crippen LogP contribution in [0.2, 0.25) is 0 Å². The van der Waals surface area contributed by atoms with Crippen molar-refractivity contribution in [2.75, 3.05) is 24.4 Å². The van der Waals surface area contributed by atoms with Crippen molar-refractivity contribution in [2.24, 2.45) is 0 Å². The number of urea groups is 1. The van der Waals surface area contributed by atoms with Crippen molar-refractivity contribution in [3.8, 4) is 11.5 Å². The smallest absolute Gasteiger partial charge is 0.323 e. The molecule has 7 heteroatoms. The zero-order chi connectivity index (χ0) is 22.9. The van der Waals surface area contributed by atoms with E-state index in [4.69, 9.17) is 9.47 Å². The third kappa shape index (κ3) is 6.25. The van der Waals surface area contributed by atoms with Crippen molar-refractivity contribution >= 4 is 23.3 Å². The average molecular weight is 434 g/mol. The van der Waals surface area contributed by atoms with Crippen molar-refractivity contribution in [3.63, 3.8) is 0 Å². The molecule has 0 radical (unpaired) electrons. The highest BCUT2D eigenvalue weighted by molar-refractivity contribution is 5.99. The summed E-state index contributed by atoms with van der Waals surface area (Å²) < 4.78 is 10.8. The van der Waals surface area contributed by atoms with E-state index in [1.165, 1.54) is 0 Å². The van der Waals surface area contributed by atoms with Crippen molar-refractivity contribution < 1.29 is 19.1 Å². The number of hydrogen-bond acceptors (Lipinski definition) is 4. The number of carbonyl (C=O) groups is 2. The second kappa shape index (κ2) is 10.9. The minimum Gasteiger partial charge on any atom is -0.493 e. The standard InChI is InChI=1S/C25H27N3O4/c1-4-32-23-15-19(11-12-22(23)31-3)24(29)26-16-18-8-6-10-21(14-18)28-25(30)27-20-9-5-7-17(2)13-20/h5-15H,4,16H2,1-3H3,(H,26,29)(H2,27,28,30). The van der Waals surface area contributed by atoms with Crippen LogP contribution in [-0.2, 0) is 6.54 Å². The Morgan fingerprint density at radius 3 is 2.28 bits per heavy atom. The molecule has 0 saturated carbocycles. The second-order valence-corrected chi connectivity index (χ2v) is 7.13. The largest absolute Gasteiger partial charge is 0.493 e. The summed E-state index contributed by atoms with van der Waals surface area (Å²) in [6, 6.07) is 19.6. The van der Waals surface area contributed by atoms with E-state index < -0.39 is 0 Å². The fourth-order valence-electron chi connectivity index (χ4n) is 3.15. The first-order chi connectivity index (χ1) is 15.5. The monoisotopic (exact) mass is 433 g/mol. The molecule has 0 bridgehead atoms. The lowest BCUT2D eigenvalue weighted by Crippen LogP contribution is -2.23. The predicted molar refractivity (Wildman–Crippen MR) is 126 cm³/mol. The molecule has 0 aliphatic heterocycles. The third-order valence-electron chi connectivity index (χ3n) is 4.64. The lowest BCUT2D eigenvalue weighted by Gasteiger charge is -2.12. The van der Waals surface area contributed by atoms with Gasteiger partial charge >= 0.3 is 6.03 Å². The van der Waals surface area contributed by atoms with Crippen molar-refractivity contribution in [1.29, 1.82) is 0 Å². The molecular formula is C25H27N3O4. The van der Waals surface area contributed by atoms with Gasteiger partial charge < -0.3 is 25.4 Å². The van der Waals surface area contributed by atoms with Gasteiger partial charge in [0, 0.05) is 23.5 Å². The zero-order valence-electron chi connectivity index (χ0n) is 18.4. The van der Waals surface area contributed by atoms with Crippen molar-refractivity contribution in [2.45, 2.75) is 20.4 Å². The number of methoxy groups -OCH3 is 1. The zero-order valence-corrected chi connectivity index (χ0v) is 18.4. The van der Waals surface area contributed by atoms with Crippen LogP contribution in [-0.4, -0.2) is 25.7 Å². The molecule has 0 spiro atoms. The van der Waals surface area contributed by atoms with Gasteiger partial charge in [-0.2, -0.15) is 0 Å². The molecule has 166 valence electrons. The Labute approximate surface area is 187 Å². The summed E-state index contributed by atoms with van der Waals surface area (Å²) in [4.78, 5) is 24.9. The van der Waals surface area contributed by atoms with E-state index in [0.29, 0.717) is 35.9 Å². The van der Waals surface area contributed by atoms with E-state index in [-0.39, 0.29) is 11.9 Å². The van der Waals surface area contributed by atoms with E-state index in [9.17, 15) is 9.59 Å². The quantitative estimate of drug-likeness (QED) is 0.468. The van der Waals surface area contributed by atoms with Gasteiger partial charge in [-0.1, -0.05) is 24.3 Å². The molecule has 32 heavy (non-hydrogen) atoms. The first-order valence-electron chi connectivity index (χ1n) is 10.3. The summed E-state index contributed by atoms with van der Waals surface area (Å²) in [5.74, 6) is 0.865. The summed E-state index contributed by atoms with van der Waals surface area (Å²) in [5, 5.41) is 8.50. The van der Waals surface area contributed by atoms with Crippen molar-refractivity contribution in [3.05, 3.63) is 83.4 Å². The molecule has 7 nitrogen and oxygen atoms in total. The number of ether oxygens (including phenoxy) is 2. The normalized spacial score (nSPS) is 10.2. The second-order valence-electron chi connectivity index (χ2n) is 7.13. The third-order valence-corrected chi connectivity index (χ3v) is 4.64. The number of benzene rings is 3. The molecule has 0 aliphatic carbocycles. The van der Waals surface area contributed by atoms with Crippen LogP contribution in [0.25, 0.3) is 0 Å². The molecule has 3 rings (SSSR count). The van der Waals surface area contributed by atoms with Crippen LogP contribution in [0.15, 0.2) is 66.7 Å². The molecule has 0 heterocycles. The molecule has 3 aromatic carbocycles. The molecule has 0 saturated heterocycles. The maximum absolute atomic E-state index is 12.6. The van der Waals surface area contributed by atoms with E-state index in [0.717, 1.165) is 16.8 Å². The summed E-state index contributed by atoms with van der Waals surface area (Å²) in [6.45, 7) is 4.61. The van der Waals surface area contributed by atoms with Crippen LogP contribution in [0.1, 0.15) is 28.4 Å². The van der Waals surface area contributed by atoms with Gasteiger partial charge in [0.15, 0.2) is 11.5 Å². The topological polar surface area (TPSA) is 88.7 Å². The Morgan fingerprint density at radius 1 is 0.875 bits per heavy atom. The van der Waals surface area contributed by atoms with E-state index in [1.807, 2.05) is 56.3 Å². The predicted octanol–water partition coefficient (Wildman–Crippen LogP) is 4.98. The molecule has 0 unspecified atom stereocenters. The Balaban J connectivity index is 1.59. The molecule has 3 aromatic rings. The van der Waals surface area contributed by atoms with E-state index in [1.54, 1.807) is 31.4 Å². The van der Waals surface area contributed by atoms with Gasteiger partial charge in [0.2, 0.25) is 0 Å². The minimum absolute atomic E-state index is 0.232. The maximum atomic E-state index is 12.6. The van der Waals surface area contributed by atoms with Gasteiger partial charge in [-0.15, -0.1) is 0 Å². The van der Waals surface area contributed by atoms with Crippen LogP contribution < -0.4 is 25.4 Å². The fraction of sp³-hybridized carbons (Fsp3) is 0.200. The molecule has 0 fully saturated rings. The maximum Gasteiger partial charge on any atom is 0.323 e. The average Bonchev–Trinajstić information content (AvgIpc) is 2.78. The number of hydrogen-bond donors (Lipinski definition) is 3. The number of anilines is 2. The Bertz CT molecular complexity index is 1100. The van der Waals surface area contributed by atoms with Crippen LogP contribution in [0.3, 0.4) is 0 Å². The van der Waals surface area contributed by atoms with Crippen LogP contribution in [0.4, 0.5) is 16.2 Å². The Morgan fingerprint density at radius 2 is 1.59 bits per heavy atom. The molecule has 3 N–H and O–H groups in total. The first-order valence-corrected chi connectivity index (χ1v) is 10.3. The number of amides is 3. The van der Waals surface area contributed by atoms with Crippen molar-refractivity contribution in [1.82, 2.24) is 5.32 Å². The van der Waals surface area contributed by atoms with Crippen LogP contribution >= 0.6 is 0 Å². The Kier molecular flexibility index (Phi) is 7.70. The van der Waals surface area contributed by atoms with Gasteiger partial charge in [-0.3, -0.25) is 4.79 Å². The fourth-order valence-corrected chi connectivity index (χ4v) is 3.15. The van der Waals surface area contributed by atoms with Gasteiger partial charge in [-0.05, 0) is 67.4 Å². The van der Waals surface area contributed by atoms with E-state index >= 15 is 0 Å². The number of nitrogens with one attached hydrogen (secondary N) is 3. The van der Waals surface area contributed by atoms with Gasteiger partial charge in [0.25, 0.3) is 5.91 Å². The lowest BCUT2D eigenvalue weighted by atomic mass is 10.1. The highest BCUT2D eigenvalue weighted by Crippen LogP contribution is 2.28. The molecular weight excluding hydrogens is 406 g/mol. The molecule has 0 atom stereocenters. The highest BCUT2D eigenvalue weighted by Gasteiger charge is 2.11.